The molecule has 1 N–H and O–H groups in total. The molecule has 1 aromatic carbocycles. The molecule has 1 saturated carbocycles. The van der Waals surface area contributed by atoms with Crippen LogP contribution in [-0.4, -0.2) is 29.9 Å². The fraction of sp³-hybridized carbons (Fsp3) is 0.611. The van der Waals surface area contributed by atoms with Crippen LogP contribution in [0.5, 0.6) is 0 Å². The number of anilines is 1. The molecular weight excluding hydrogens is 260 g/mol. The molecule has 1 amide bonds. The van der Waals surface area contributed by atoms with E-state index in [0.29, 0.717) is 18.0 Å². The second-order valence-corrected chi connectivity index (χ2v) is 6.66. The van der Waals surface area contributed by atoms with Gasteiger partial charge in [0.2, 0.25) is 5.91 Å². The maximum atomic E-state index is 13.0. The molecule has 0 aromatic heterocycles. The number of nitrogens with zero attached hydrogens (tertiary/aromatic N) is 1. The van der Waals surface area contributed by atoms with Crippen molar-refractivity contribution in [1.82, 2.24) is 4.90 Å². The van der Waals surface area contributed by atoms with E-state index >= 15 is 0 Å². The molecule has 21 heavy (non-hydrogen) atoms. The third-order valence-electron chi connectivity index (χ3n) is 5.10. The number of hydrogen-bond donors (Lipinski definition) is 1. The number of hydrogen-bond acceptors (Lipinski definition) is 2. The standard InChI is InChI=1S/C18H26N2O/c1-13-12-16(15-10-6-7-11-17(15)19-13)18(21)20(2)14-8-4-3-5-9-14/h6-7,10-11,13-14,16,19H,3-5,8-9,12H2,1-2H3. The first-order valence-corrected chi connectivity index (χ1v) is 8.29. The normalized spacial score (nSPS) is 25.8. The highest BCUT2D eigenvalue weighted by molar-refractivity contribution is 5.86. The smallest absolute Gasteiger partial charge is 0.230 e. The van der Waals surface area contributed by atoms with Crippen molar-refractivity contribution >= 4 is 11.6 Å². The number of carbonyl (C=O) groups is 1. The van der Waals surface area contributed by atoms with Crippen LogP contribution in [0, 0.1) is 0 Å². The molecule has 0 bridgehead atoms. The van der Waals surface area contributed by atoms with Crippen LogP contribution >= 0.6 is 0 Å². The fourth-order valence-corrected chi connectivity index (χ4v) is 3.87. The van der Waals surface area contributed by atoms with Crippen LogP contribution < -0.4 is 5.32 Å². The molecule has 0 saturated heterocycles. The highest BCUT2D eigenvalue weighted by Crippen LogP contribution is 2.36. The van der Waals surface area contributed by atoms with Crippen molar-refractivity contribution in [2.45, 2.75) is 63.5 Å². The third-order valence-corrected chi connectivity index (χ3v) is 5.10. The van der Waals surface area contributed by atoms with Gasteiger partial charge >= 0.3 is 0 Å². The topological polar surface area (TPSA) is 32.3 Å². The van der Waals surface area contributed by atoms with E-state index in [1.54, 1.807) is 0 Å². The van der Waals surface area contributed by atoms with Gasteiger partial charge in [-0.15, -0.1) is 0 Å². The van der Waals surface area contributed by atoms with Crippen molar-refractivity contribution < 1.29 is 4.79 Å². The number of para-hydroxylation sites is 1. The summed E-state index contributed by atoms with van der Waals surface area (Å²) in [4.78, 5) is 15.0. The summed E-state index contributed by atoms with van der Waals surface area (Å²) in [6.45, 7) is 2.16. The minimum absolute atomic E-state index is 0.0179. The Morgan fingerprint density at radius 1 is 1.19 bits per heavy atom. The first-order chi connectivity index (χ1) is 10.2. The SMILES string of the molecule is CC1CC(C(=O)N(C)C2CCCCC2)c2ccccc2N1. The van der Waals surface area contributed by atoms with Crippen molar-refractivity contribution in [2.24, 2.45) is 0 Å². The Morgan fingerprint density at radius 2 is 1.90 bits per heavy atom. The van der Waals surface area contributed by atoms with E-state index in [0.717, 1.165) is 12.1 Å². The summed E-state index contributed by atoms with van der Waals surface area (Å²) in [5.41, 5.74) is 2.30. The molecule has 0 spiro atoms. The van der Waals surface area contributed by atoms with E-state index in [9.17, 15) is 4.79 Å². The van der Waals surface area contributed by atoms with Crippen LogP contribution in [0.1, 0.15) is 56.9 Å². The molecule has 3 rings (SSSR count). The summed E-state index contributed by atoms with van der Waals surface area (Å²) < 4.78 is 0. The van der Waals surface area contributed by atoms with Gasteiger partial charge in [-0.25, -0.2) is 0 Å². The van der Waals surface area contributed by atoms with Gasteiger partial charge in [-0.2, -0.15) is 0 Å². The largest absolute Gasteiger partial charge is 0.382 e. The summed E-state index contributed by atoms with van der Waals surface area (Å²) in [6, 6.07) is 9.07. The number of fused-ring (bicyclic) bond motifs is 1. The zero-order valence-electron chi connectivity index (χ0n) is 13.1. The monoisotopic (exact) mass is 286 g/mol. The number of nitrogens with one attached hydrogen (secondary N) is 1. The molecule has 3 heteroatoms. The van der Waals surface area contributed by atoms with Gasteiger partial charge in [-0.05, 0) is 37.8 Å². The number of likely N-dealkylation sites (N-methyl/N-ethyl adjacent to an activating group) is 1. The molecule has 0 radical (unpaired) electrons. The van der Waals surface area contributed by atoms with Crippen LogP contribution in [0.4, 0.5) is 5.69 Å². The van der Waals surface area contributed by atoms with E-state index in [1.807, 2.05) is 24.1 Å². The van der Waals surface area contributed by atoms with E-state index in [1.165, 1.54) is 37.7 Å². The average Bonchev–Trinajstić information content (AvgIpc) is 2.53. The van der Waals surface area contributed by atoms with Gasteiger partial charge in [0.25, 0.3) is 0 Å². The predicted octanol–water partition coefficient (Wildman–Crippen LogP) is 3.77. The second kappa shape index (κ2) is 6.08. The number of benzene rings is 1. The van der Waals surface area contributed by atoms with Gasteiger partial charge in [0, 0.05) is 24.8 Å². The first kappa shape index (κ1) is 14.4. The number of amides is 1. The van der Waals surface area contributed by atoms with Gasteiger partial charge in [-0.3, -0.25) is 4.79 Å². The van der Waals surface area contributed by atoms with Crippen molar-refractivity contribution in [3.8, 4) is 0 Å². The lowest BCUT2D eigenvalue weighted by Gasteiger charge is -2.37. The van der Waals surface area contributed by atoms with E-state index in [2.05, 4.69) is 24.4 Å². The Balaban J connectivity index is 1.80. The van der Waals surface area contributed by atoms with Gasteiger partial charge in [-0.1, -0.05) is 37.5 Å². The first-order valence-electron chi connectivity index (χ1n) is 8.29. The van der Waals surface area contributed by atoms with E-state index < -0.39 is 0 Å². The zero-order valence-corrected chi connectivity index (χ0v) is 13.1. The quantitative estimate of drug-likeness (QED) is 0.897. The lowest BCUT2D eigenvalue weighted by molar-refractivity contribution is -0.134. The molecule has 1 fully saturated rings. The lowest BCUT2D eigenvalue weighted by atomic mass is 9.85. The number of rotatable bonds is 2. The molecule has 2 unspecified atom stereocenters. The Hall–Kier alpha value is -1.51. The van der Waals surface area contributed by atoms with Crippen molar-refractivity contribution in [1.29, 1.82) is 0 Å². The molecule has 2 aliphatic rings. The van der Waals surface area contributed by atoms with Crippen LogP contribution in [0.15, 0.2) is 24.3 Å². The molecule has 3 nitrogen and oxygen atoms in total. The molecule has 114 valence electrons. The predicted molar refractivity (Wildman–Crippen MR) is 86.5 cm³/mol. The Morgan fingerprint density at radius 3 is 2.67 bits per heavy atom. The number of carbonyl (C=O) groups excluding carboxylic acids is 1. The van der Waals surface area contributed by atoms with Crippen LogP contribution in [0.3, 0.4) is 0 Å². The summed E-state index contributed by atoms with van der Waals surface area (Å²) in [5.74, 6) is 0.326. The lowest BCUT2D eigenvalue weighted by Crippen LogP contribution is -2.43. The second-order valence-electron chi connectivity index (χ2n) is 6.66. The molecule has 1 heterocycles. The van der Waals surface area contributed by atoms with Gasteiger partial charge < -0.3 is 10.2 Å². The van der Waals surface area contributed by atoms with Crippen molar-refractivity contribution in [3.63, 3.8) is 0 Å². The summed E-state index contributed by atoms with van der Waals surface area (Å²) in [6.07, 6.45) is 7.09. The molecule has 1 aliphatic heterocycles. The molecule has 1 aliphatic carbocycles. The Labute approximate surface area is 127 Å². The summed E-state index contributed by atoms with van der Waals surface area (Å²) in [5, 5.41) is 3.49. The summed E-state index contributed by atoms with van der Waals surface area (Å²) >= 11 is 0. The highest BCUT2D eigenvalue weighted by Gasteiger charge is 2.33. The molecule has 2 atom stereocenters. The minimum atomic E-state index is 0.0179. The summed E-state index contributed by atoms with van der Waals surface area (Å²) in [7, 11) is 2.01. The highest BCUT2D eigenvalue weighted by atomic mass is 16.2. The van der Waals surface area contributed by atoms with Gasteiger partial charge in [0.15, 0.2) is 0 Å². The van der Waals surface area contributed by atoms with Gasteiger partial charge in [0.05, 0.1) is 5.92 Å². The third kappa shape index (κ3) is 2.92. The van der Waals surface area contributed by atoms with E-state index in [4.69, 9.17) is 0 Å². The zero-order chi connectivity index (χ0) is 14.8. The molecule has 1 aromatic rings. The maximum Gasteiger partial charge on any atom is 0.230 e. The minimum Gasteiger partial charge on any atom is -0.382 e. The van der Waals surface area contributed by atoms with Gasteiger partial charge in [0.1, 0.15) is 0 Å². The Bertz CT molecular complexity index is 508. The van der Waals surface area contributed by atoms with Crippen molar-refractivity contribution in [2.75, 3.05) is 12.4 Å². The fourth-order valence-electron chi connectivity index (χ4n) is 3.87. The maximum absolute atomic E-state index is 13.0. The van der Waals surface area contributed by atoms with Crippen LogP contribution in [0.2, 0.25) is 0 Å². The van der Waals surface area contributed by atoms with Crippen LogP contribution in [-0.2, 0) is 4.79 Å². The van der Waals surface area contributed by atoms with Crippen molar-refractivity contribution in [3.05, 3.63) is 29.8 Å². The molecular formula is C18H26N2O. The van der Waals surface area contributed by atoms with Crippen LogP contribution in [0.25, 0.3) is 0 Å². The Kier molecular flexibility index (Phi) is 4.18. The average molecular weight is 286 g/mol. The van der Waals surface area contributed by atoms with E-state index in [-0.39, 0.29) is 5.92 Å².